The highest BCUT2D eigenvalue weighted by Crippen LogP contribution is 2.26. The molecule has 180 valence electrons. The molecule has 1 atom stereocenters. The number of anilines is 2. The summed E-state index contributed by atoms with van der Waals surface area (Å²) >= 11 is 0. The van der Waals surface area contributed by atoms with Gasteiger partial charge in [0.25, 0.3) is 15.9 Å². The summed E-state index contributed by atoms with van der Waals surface area (Å²) in [4.78, 5) is 12.8. The maximum Gasteiger partial charge on any atom is 0.265 e. The first-order valence-corrected chi connectivity index (χ1v) is 12.6. The van der Waals surface area contributed by atoms with Crippen molar-refractivity contribution >= 4 is 38.1 Å². The smallest absolute Gasteiger partial charge is 0.265 e. The van der Waals surface area contributed by atoms with Crippen LogP contribution in [0.1, 0.15) is 13.3 Å². The number of carbonyl (C=O) groups excluding carboxylic acids is 1. The lowest BCUT2D eigenvalue weighted by Crippen LogP contribution is -2.32. The number of nitrogens with one attached hydrogen (secondary N) is 2. The molecule has 0 unspecified atom stereocenters. The van der Waals surface area contributed by atoms with Crippen molar-refractivity contribution in [3.8, 4) is 11.5 Å². The van der Waals surface area contributed by atoms with Gasteiger partial charge in [0.1, 0.15) is 11.5 Å². The second-order valence-corrected chi connectivity index (χ2v) is 9.52. The predicted octanol–water partition coefficient (Wildman–Crippen LogP) is 5.45. The average Bonchev–Trinajstić information content (AvgIpc) is 2.88. The Morgan fingerprint density at radius 3 is 2.20 bits per heavy atom. The molecular formula is C27H26N2O5S. The minimum atomic E-state index is -3.82. The van der Waals surface area contributed by atoms with Crippen LogP contribution >= 0.6 is 0 Å². The molecule has 0 saturated carbocycles. The van der Waals surface area contributed by atoms with Crippen LogP contribution in [0.5, 0.6) is 11.5 Å². The van der Waals surface area contributed by atoms with Crippen molar-refractivity contribution in [1.29, 1.82) is 0 Å². The van der Waals surface area contributed by atoms with Crippen molar-refractivity contribution in [1.82, 2.24) is 0 Å². The van der Waals surface area contributed by atoms with Gasteiger partial charge >= 0.3 is 0 Å². The third-order valence-electron chi connectivity index (χ3n) is 5.47. The minimum absolute atomic E-state index is 0.0879. The second kappa shape index (κ2) is 10.5. The minimum Gasteiger partial charge on any atom is -0.497 e. The first-order chi connectivity index (χ1) is 16.9. The van der Waals surface area contributed by atoms with Crippen LogP contribution in [0.2, 0.25) is 0 Å². The lowest BCUT2D eigenvalue weighted by Gasteiger charge is -2.17. The van der Waals surface area contributed by atoms with E-state index in [1.807, 2.05) is 37.3 Å². The van der Waals surface area contributed by atoms with E-state index >= 15 is 0 Å². The number of carbonyl (C=O) groups is 1. The molecule has 0 radical (unpaired) electrons. The van der Waals surface area contributed by atoms with Crippen molar-refractivity contribution in [2.24, 2.45) is 0 Å². The fourth-order valence-corrected chi connectivity index (χ4v) is 4.68. The van der Waals surface area contributed by atoms with Crippen LogP contribution in [0.3, 0.4) is 0 Å². The van der Waals surface area contributed by atoms with Gasteiger partial charge in [0, 0.05) is 11.1 Å². The normalized spacial score (nSPS) is 12.1. The molecule has 1 amide bonds. The highest BCUT2D eigenvalue weighted by molar-refractivity contribution is 7.92. The third-order valence-corrected chi connectivity index (χ3v) is 6.85. The van der Waals surface area contributed by atoms with Gasteiger partial charge in [-0.3, -0.25) is 9.52 Å². The molecule has 7 nitrogen and oxygen atoms in total. The number of ether oxygens (including phenoxy) is 2. The summed E-state index contributed by atoms with van der Waals surface area (Å²) in [5, 5.41) is 4.53. The van der Waals surface area contributed by atoms with Gasteiger partial charge in [-0.2, -0.15) is 0 Å². The van der Waals surface area contributed by atoms with Crippen molar-refractivity contribution < 1.29 is 22.7 Å². The van der Waals surface area contributed by atoms with Crippen LogP contribution in [-0.2, 0) is 14.8 Å². The SMILES string of the molecule is CC[C@@H](Oc1ccc(OC)cc1)C(=O)Nc1ccc(S(=O)(=O)Nc2cccc3ccccc23)cc1. The molecule has 4 aromatic carbocycles. The van der Waals surface area contributed by atoms with E-state index in [4.69, 9.17) is 9.47 Å². The Morgan fingerprint density at radius 1 is 0.857 bits per heavy atom. The summed E-state index contributed by atoms with van der Waals surface area (Å²) in [6.07, 6.45) is -0.251. The standard InChI is InChI=1S/C27H26N2O5S/c1-3-26(34-22-15-13-21(33-2)14-16-22)27(30)28-20-11-17-23(18-12-20)35(31,32)29-25-10-6-8-19-7-4-5-9-24(19)25/h4-18,26,29H,3H2,1-2H3,(H,28,30)/t26-/m1/s1. The first-order valence-electron chi connectivity index (χ1n) is 11.1. The molecule has 4 aromatic rings. The molecule has 8 heteroatoms. The maximum atomic E-state index is 13.0. The molecule has 2 N–H and O–H groups in total. The molecule has 0 fully saturated rings. The number of methoxy groups -OCH3 is 1. The van der Waals surface area contributed by atoms with Crippen LogP contribution in [0.25, 0.3) is 10.8 Å². The zero-order valence-corrected chi connectivity index (χ0v) is 20.2. The second-order valence-electron chi connectivity index (χ2n) is 7.84. The largest absolute Gasteiger partial charge is 0.497 e. The molecule has 35 heavy (non-hydrogen) atoms. The fraction of sp³-hybridized carbons (Fsp3) is 0.148. The lowest BCUT2D eigenvalue weighted by molar-refractivity contribution is -0.122. The summed E-state index contributed by atoms with van der Waals surface area (Å²) in [7, 11) is -2.24. The zero-order valence-electron chi connectivity index (χ0n) is 19.4. The summed E-state index contributed by atoms with van der Waals surface area (Å²) in [5.41, 5.74) is 0.970. The Kier molecular flexibility index (Phi) is 7.22. The Bertz CT molecular complexity index is 1410. The first kappa shape index (κ1) is 24.1. The van der Waals surface area contributed by atoms with Crippen molar-refractivity contribution in [2.45, 2.75) is 24.3 Å². The molecule has 0 aliphatic rings. The predicted molar refractivity (Wildman–Crippen MR) is 138 cm³/mol. The molecule has 0 aromatic heterocycles. The van der Waals surface area contributed by atoms with E-state index in [1.165, 1.54) is 12.1 Å². The Morgan fingerprint density at radius 2 is 1.51 bits per heavy atom. The lowest BCUT2D eigenvalue weighted by atomic mass is 10.1. The molecule has 0 bridgehead atoms. The van der Waals surface area contributed by atoms with E-state index in [2.05, 4.69) is 10.0 Å². The molecule has 0 aliphatic heterocycles. The van der Waals surface area contributed by atoms with Gasteiger partial charge < -0.3 is 14.8 Å². The van der Waals surface area contributed by atoms with Crippen LogP contribution in [-0.4, -0.2) is 27.5 Å². The molecule has 4 rings (SSSR count). The van der Waals surface area contributed by atoms with Crippen molar-refractivity contribution in [3.05, 3.63) is 91.0 Å². The quantitative estimate of drug-likeness (QED) is 0.326. The number of hydrogen-bond acceptors (Lipinski definition) is 5. The highest BCUT2D eigenvalue weighted by Gasteiger charge is 2.20. The van der Waals surface area contributed by atoms with Gasteiger partial charge in [-0.25, -0.2) is 8.42 Å². The number of sulfonamides is 1. The van der Waals surface area contributed by atoms with Gasteiger partial charge in [-0.05, 0) is 66.4 Å². The summed E-state index contributed by atoms with van der Waals surface area (Å²) in [5.74, 6) is 0.918. The van der Waals surface area contributed by atoms with E-state index in [9.17, 15) is 13.2 Å². The van der Waals surface area contributed by atoms with Gasteiger partial charge in [0.15, 0.2) is 6.10 Å². The number of rotatable bonds is 9. The molecule has 0 spiro atoms. The number of hydrogen-bond donors (Lipinski definition) is 2. The number of benzene rings is 4. The maximum absolute atomic E-state index is 13.0. The Balaban J connectivity index is 1.44. The topological polar surface area (TPSA) is 93.7 Å². The van der Waals surface area contributed by atoms with Crippen LogP contribution < -0.4 is 19.5 Å². The van der Waals surface area contributed by atoms with Gasteiger partial charge in [-0.15, -0.1) is 0 Å². The van der Waals surface area contributed by atoms with Crippen molar-refractivity contribution in [2.75, 3.05) is 17.1 Å². The molecular weight excluding hydrogens is 464 g/mol. The number of amides is 1. The zero-order chi connectivity index (χ0) is 24.8. The van der Waals surface area contributed by atoms with Crippen LogP contribution in [0, 0.1) is 0 Å². The summed E-state index contributed by atoms with van der Waals surface area (Å²) in [6, 6.07) is 26.0. The van der Waals surface area contributed by atoms with Gasteiger partial charge in [0.2, 0.25) is 0 Å². The fourth-order valence-electron chi connectivity index (χ4n) is 3.60. The monoisotopic (exact) mass is 490 g/mol. The van der Waals surface area contributed by atoms with Gasteiger partial charge in [-0.1, -0.05) is 43.3 Å². The van der Waals surface area contributed by atoms with Crippen LogP contribution in [0.15, 0.2) is 95.9 Å². The summed E-state index contributed by atoms with van der Waals surface area (Å²) in [6.45, 7) is 1.85. The molecule has 0 saturated heterocycles. The molecule has 0 aliphatic carbocycles. The number of fused-ring (bicyclic) bond motifs is 1. The van der Waals surface area contributed by atoms with E-state index in [-0.39, 0.29) is 10.8 Å². The van der Waals surface area contributed by atoms with E-state index in [0.717, 1.165) is 10.8 Å². The third kappa shape index (κ3) is 5.73. The van der Waals surface area contributed by atoms with E-state index in [1.54, 1.807) is 55.6 Å². The van der Waals surface area contributed by atoms with Crippen LogP contribution in [0.4, 0.5) is 11.4 Å². The average molecular weight is 491 g/mol. The van der Waals surface area contributed by atoms with Gasteiger partial charge in [0.05, 0.1) is 17.7 Å². The van der Waals surface area contributed by atoms with E-state index < -0.39 is 16.1 Å². The van der Waals surface area contributed by atoms with Crippen molar-refractivity contribution in [3.63, 3.8) is 0 Å². The summed E-state index contributed by atoms with van der Waals surface area (Å²) < 4.78 is 39.5. The van der Waals surface area contributed by atoms with E-state index in [0.29, 0.717) is 29.3 Å². The Labute approximate surface area is 204 Å². The highest BCUT2D eigenvalue weighted by atomic mass is 32.2. The molecule has 0 heterocycles. The Hall–Kier alpha value is -4.04.